The van der Waals surface area contributed by atoms with E-state index < -0.39 is 84.2 Å². The zero-order valence-corrected chi connectivity index (χ0v) is 24.8. The van der Waals surface area contributed by atoms with Gasteiger partial charge < -0.3 is 0 Å². The van der Waals surface area contributed by atoms with Crippen LogP contribution in [0.25, 0.3) is 0 Å². The highest BCUT2D eigenvalue weighted by Gasteiger charge is 2.36. The summed E-state index contributed by atoms with van der Waals surface area (Å²) in [4.78, 5) is 25.5. The molecule has 14 nitrogen and oxygen atoms in total. The van der Waals surface area contributed by atoms with Crippen LogP contribution < -0.4 is 9.44 Å². The molecule has 18 heteroatoms. The number of carbonyl (C=O) groups excluding carboxylic acids is 2. The summed E-state index contributed by atoms with van der Waals surface area (Å²) in [7, 11) is -18.0. The van der Waals surface area contributed by atoms with E-state index in [2.05, 4.69) is 9.44 Å². The van der Waals surface area contributed by atoms with Gasteiger partial charge in [0, 0.05) is 33.3 Å². The molecule has 0 heterocycles. The van der Waals surface area contributed by atoms with Crippen molar-refractivity contribution in [2.45, 2.75) is 48.6 Å². The molecule has 3 rings (SSSR count). The molecule has 0 saturated carbocycles. The minimum absolute atomic E-state index is 0.220. The van der Waals surface area contributed by atoms with Crippen LogP contribution in [0, 0.1) is 0 Å². The molecule has 2 aromatic rings. The molecule has 0 spiro atoms. The second kappa shape index (κ2) is 10.1. The van der Waals surface area contributed by atoms with Gasteiger partial charge in [0.1, 0.15) is 0 Å². The maximum atomic E-state index is 13.2. The second-order valence-corrected chi connectivity index (χ2v) is 16.8. The molecule has 2 aromatic carbocycles. The van der Waals surface area contributed by atoms with E-state index in [1.165, 1.54) is 27.7 Å². The van der Waals surface area contributed by atoms with Crippen molar-refractivity contribution in [3.63, 3.8) is 0 Å². The average molecular weight is 639 g/mol. The summed E-state index contributed by atoms with van der Waals surface area (Å²) in [5.74, 6) is -3.46. The lowest BCUT2D eigenvalue weighted by molar-refractivity contribution is 0.0978. The molecule has 0 bridgehead atoms. The van der Waals surface area contributed by atoms with Gasteiger partial charge in [-0.3, -0.25) is 18.7 Å². The SMILES string of the molecule is CC(C)(CS(=O)(=O)O)NS(=O)(=O)c1ccc2c(c1)C(=O)c1ccc(S(=O)(=O)NC(C)(C)CS(=O)(=O)O)cc1C2=O. The quantitative estimate of drug-likeness (QED) is 0.220. The Kier molecular flexibility index (Phi) is 8.03. The fraction of sp³-hybridized carbons (Fsp3) is 0.364. The van der Waals surface area contributed by atoms with Crippen molar-refractivity contribution in [1.82, 2.24) is 9.44 Å². The van der Waals surface area contributed by atoms with Crippen LogP contribution in [0.3, 0.4) is 0 Å². The van der Waals surface area contributed by atoms with Crippen LogP contribution in [0.4, 0.5) is 0 Å². The first kappa shape index (κ1) is 31.9. The van der Waals surface area contributed by atoms with Crippen LogP contribution >= 0.6 is 0 Å². The predicted octanol–water partition coefficient (Wildman–Crippen LogP) is 0.351. The Morgan fingerprint density at radius 3 is 1.15 bits per heavy atom. The Balaban J connectivity index is 1.99. The summed E-state index contributed by atoms with van der Waals surface area (Å²) in [5.41, 5.74) is -4.31. The minimum atomic E-state index is -4.54. The molecule has 40 heavy (non-hydrogen) atoms. The molecule has 0 fully saturated rings. The smallest absolute Gasteiger partial charge is 0.266 e. The normalized spacial score (nSPS) is 15.1. The van der Waals surface area contributed by atoms with Crippen molar-refractivity contribution in [2.24, 2.45) is 0 Å². The van der Waals surface area contributed by atoms with Gasteiger partial charge in [-0.1, -0.05) is 0 Å². The maximum Gasteiger partial charge on any atom is 0.266 e. The molecular formula is C22H26N2O12S4. The van der Waals surface area contributed by atoms with Crippen LogP contribution in [0.1, 0.15) is 59.5 Å². The van der Waals surface area contributed by atoms with Gasteiger partial charge in [-0.05, 0) is 64.1 Å². The largest absolute Gasteiger partial charge is 0.289 e. The number of carbonyl (C=O) groups is 2. The first-order valence-corrected chi connectivity index (χ1v) is 17.4. The van der Waals surface area contributed by atoms with Crippen molar-refractivity contribution in [1.29, 1.82) is 0 Å². The van der Waals surface area contributed by atoms with Crippen LogP contribution in [-0.2, 0) is 40.3 Å². The molecule has 0 unspecified atom stereocenters. The van der Waals surface area contributed by atoms with Crippen molar-refractivity contribution in [3.05, 3.63) is 58.7 Å². The summed E-state index contributed by atoms with van der Waals surface area (Å²) in [6.07, 6.45) is 0. The van der Waals surface area contributed by atoms with Crippen molar-refractivity contribution < 1.29 is 52.4 Å². The summed E-state index contributed by atoms with van der Waals surface area (Å²) in [6.45, 7) is 4.86. The molecule has 0 amide bonds. The Hall–Kier alpha value is -2.58. The van der Waals surface area contributed by atoms with Gasteiger partial charge in [0.05, 0.1) is 21.3 Å². The van der Waals surface area contributed by atoms with E-state index in [-0.39, 0.29) is 22.3 Å². The zero-order chi connectivity index (χ0) is 30.7. The van der Waals surface area contributed by atoms with E-state index in [0.717, 1.165) is 36.4 Å². The Morgan fingerprint density at radius 1 is 0.575 bits per heavy atom. The highest BCUT2D eigenvalue weighted by atomic mass is 32.2. The number of hydrogen-bond acceptors (Lipinski definition) is 10. The van der Waals surface area contributed by atoms with E-state index in [4.69, 9.17) is 9.11 Å². The fourth-order valence-electron chi connectivity index (χ4n) is 4.26. The van der Waals surface area contributed by atoms with Gasteiger partial charge in [-0.15, -0.1) is 0 Å². The third kappa shape index (κ3) is 7.38. The van der Waals surface area contributed by atoms with Gasteiger partial charge in [-0.25, -0.2) is 26.3 Å². The van der Waals surface area contributed by atoms with Crippen LogP contribution in [0.2, 0.25) is 0 Å². The molecule has 0 saturated heterocycles. The highest BCUT2D eigenvalue weighted by Crippen LogP contribution is 2.31. The lowest BCUT2D eigenvalue weighted by Crippen LogP contribution is -2.48. The number of sulfonamides is 2. The molecule has 1 aliphatic rings. The standard InChI is InChI=1S/C22H26N2O12S4/c1-21(2,11-37(27,28)29)23-39(33,34)13-5-7-15-17(9-13)19(25)16-8-6-14(10-18(16)20(15)26)40(35,36)24-22(3,4)12-38(30,31)32/h5-10,23-24H,11-12H2,1-4H3,(H,27,28,29)(H,30,31,32). The molecule has 1 aliphatic carbocycles. The van der Waals surface area contributed by atoms with E-state index in [9.17, 15) is 43.3 Å². The van der Waals surface area contributed by atoms with Gasteiger partial charge in [-0.2, -0.15) is 16.8 Å². The number of ketones is 2. The van der Waals surface area contributed by atoms with Crippen LogP contribution in [0.15, 0.2) is 46.2 Å². The first-order chi connectivity index (χ1) is 17.8. The molecule has 0 atom stereocenters. The summed E-state index contributed by atoms with van der Waals surface area (Å²) < 4.78 is 119. The number of benzene rings is 2. The van der Waals surface area contributed by atoms with E-state index in [1.54, 1.807) is 0 Å². The van der Waals surface area contributed by atoms with Crippen molar-refractivity contribution >= 4 is 51.8 Å². The van der Waals surface area contributed by atoms with Gasteiger partial charge in [0.25, 0.3) is 20.2 Å². The molecule has 220 valence electrons. The van der Waals surface area contributed by atoms with Gasteiger partial charge in [0.2, 0.25) is 20.0 Å². The maximum absolute atomic E-state index is 13.2. The van der Waals surface area contributed by atoms with Crippen LogP contribution in [-0.4, -0.2) is 76.9 Å². The highest BCUT2D eigenvalue weighted by molar-refractivity contribution is 7.90. The van der Waals surface area contributed by atoms with E-state index in [0.29, 0.717) is 0 Å². The third-order valence-electron chi connectivity index (χ3n) is 5.49. The molecule has 0 aliphatic heterocycles. The predicted molar refractivity (Wildman–Crippen MR) is 141 cm³/mol. The van der Waals surface area contributed by atoms with Crippen molar-refractivity contribution in [2.75, 3.05) is 11.5 Å². The number of nitrogens with one attached hydrogen (secondary N) is 2. The fourth-order valence-corrected chi connectivity index (χ4v) is 9.29. The van der Waals surface area contributed by atoms with E-state index in [1.807, 2.05) is 0 Å². The second-order valence-electron chi connectivity index (χ2n) is 10.5. The monoisotopic (exact) mass is 638 g/mol. The van der Waals surface area contributed by atoms with Gasteiger partial charge >= 0.3 is 0 Å². The van der Waals surface area contributed by atoms with Gasteiger partial charge in [0.15, 0.2) is 11.6 Å². The number of hydrogen-bond donors (Lipinski definition) is 4. The van der Waals surface area contributed by atoms with Crippen LogP contribution in [0.5, 0.6) is 0 Å². The third-order valence-corrected chi connectivity index (χ3v) is 11.1. The average Bonchev–Trinajstić information content (AvgIpc) is 2.71. The minimum Gasteiger partial charge on any atom is -0.289 e. The first-order valence-electron chi connectivity index (χ1n) is 11.2. The summed E-state index contributed by atoms with van der Waals surface area (Å²) >= 11 is 0. The van der Waals surface area contributed by atoms with E-state index >= 15 is 0 Å². The lowest BCUT2D eigenvalue weighted by atomic mass is 9.84. The molecule has 4 N–H and O–H groups in total. The molecule has 0 aromatic heterocycles. The number of fused-ring (bicyclic) bond motifs is 2. The lowest BCUT2D eigenvalue weighted by Gasteiger charge is -2.25. The summed E-state index contributed by atoms with van der Waals surface area (Å²) in [5, 5.41) is 0. The topological polar surface area (TPSA) is 235 Å². The molecule has 0 radical (unpaired) electrons. The Morgan fingerprint density at radius 2 is 0.875 bits per heavy atom. The Labute approximate surface area is 231 Å². The summed E-state index contributed by atoms with van der Waals surface area (Å²) in [6, 6.07) is 5.96. The zero-order valence-electron chi connectivity index (χ0n) is 21.5. The van der Waals surface area contributed by atoms with Crippen molar-refractivity contribution in [3.8, 4) is 0 Å². The molecular weight excluding hydrogens is 613 g/mol. The Bertz CT molecular complexity index is 1720. The number of rotatable bonds is 10.